The van der Waals surface area contributed by atoms with Crippen LogP contribution in [-0.4, -0.2) is 20.2 Å². The number of aliphatic imine (C=N–C) groups is 1. The number of halogens is 1. The predicted octanol–water partition coefficient (Wildman–Crippen LogP) is 3.62. The molecule has 0 saturated carbocycles. The Morgan fingerprint density at radius 3 is 2.55 bits per heavy atom. The molecule has 0 saturated heterocycles. The molecule has 0 fully saturated rings. The van der Waals surface area contributed by atoms with Gasteiger partial charge in [-0.05, 0) is 36.1 Å². The normalized spacial score (nSPS) is 10.8. The summed E-state index contributed by atoms with van der Waals surface area (Å²) in [5, 5.41) is 5.10. The maximum atomic E-state index is 5.91. The van der Waals surface area contributed by atoms with Gasteiger partial charge in [0.15, 0.2) is 17.5 Å². The zero-order chi connectivity index (χ0) is 15.2. The third-order valence-corrected chi connectivity index (χ3v) is 4.02. The Morgan fingerprint density at radius 2 is 1.95 bits per heavy atom. The molecule has 0 bridgehead atoms. The molecule has 1 aromatic heterocycles. The first-order chi connectivity index (χ1) is 10.1. The number of hydrogen-bond donors (Lipinski definition) is 2. The van der Waals surface area contributed by atoms with Gasteiger partial charge in [-0.1, -0.05) is 0 Å². The van der Waals surface area contributed by atoms with Crippen LogP contribution in [0.3, 0.4) is 0 Å². The number of rotatable bonds is 5. The summed E-state index contributed by atoms with van der Waals surface area (Å²) in [7, 11) is 3.20. The van der Waals surface area contributed by atoms with E-state index in [2.05, 4.69) is 28.7 Å². The molecule has 1 heterocycles. The van der Waals surface area contributed by atoms with Gasteiger partial charge in [0.1, 0.15) is 0 Å². The van der Waals surface area contributed by atoms with Crippen LogP contribution in [0.2, 0.25) is 0 Å². The van der Waals surface area contributed by atoms with Crippen molar-refractivity contribution in [3.05, 3.63) is 40.1 Å². The van der Waals surface area contributed by atoms with Crippen LogP contribution in [0.5, 0.6) is 11.5 Å². The van der Waals surface area contributed by atoms with Crippen molar-refractivity contribution in [3.8, 4) is 11.5 Å². The van der Waals surface area contributed by atoms with E-state index in [9.17, 15) is 0 Å². The van der Waals surface area contributed by atoms with Crippen molar-refractivity contribution < 1.29 is 9.47 Å². The summed E-state index contributed by atoms with van der Waals surface area (Å²) in [6.45, 7) is 2.65. The van der Waals surface area contributed by atoms with Crippen LogP contribution in [0.1, 0.15) is 10.4 Å². The standard InChI is InChI=1S/C15H19N3O2S.HI/c1-10-6-7-21-14(10)9-17-15(16)18-11-4-5-12(19-2)13(8-11)20-3;/h4-8H,9H2,1-3H3,(H3,16,17,18);1H. The molecular formula is C15H20IN3O2S. The average Bonchev–Trinajstić information content (AvgIpc) is 2.90. The second kappa shape index (κ2) is 8.84. The van der Waals surface area contributed by atoms with Gasteiger partial charge in [0, 0.05) is 16.6 Å². The quantitative estimate of drug-likeness (QED) is 0.430. The summed E-state index contributed by atoms with van der Waals surface area (Å²) in [6.07, 6.45) is 0. The number of methoxy groups -OCH3 is 2. The number of nitrogens with two attached hydrogens (primary N) is 1. The van der Waals surface area contributed by atoms with E-state index in [1.807, 2.05) is 18.2 Å². The van der Waals surface area contributed by atoms with Crippen LogP contribution in [-0.2, 0) is 6.54 Å². The van der Waals surface area contributed by atoms with Gasteiger partial charge in [-0.2, -0.15) is 0 Å². The topological polar surface area (TPSA) is 68.9 Å². The van der Waals surface area contributed by atoms with Gasteiger partial charge < -0.3 is 20.5 Å². The van der Waals surface area contributed by atoms with Crippen molar-refractivity contribution in [2.45, 2.75) is 13.5 Å². The van der Waals surface area contributed by atoms with Crippen LogP contribution in [0, 0.1) is 6.92 Å². The zero-order valence-corrected chi connectivity index (χ0v) is 15.9. The van der Waals surface area contributed by atoms with E-state index in [-0.39, 0.29) is 24.0 Å². The number of hydrogen-bond acceptors (Lipinski definition) is 4. The lowest BCUT2D eigenvalue weighted by molar-refractivity contribution is 0.355. The molecule has 0 aliphatic heterocycles. The van der Waals surface area contributed by atoms with Crippen molar-refractivity contribution in [3.63, 3.8) is 0 Å². The molecule has 0 spiro atoms. The van der Waals surface area contributed by atoms with Crippen LogP contribution < -0.4 is 20.5 Å². The van der Waals surface area contributed by atoms with Crippen LogP contribution in [0.25, 0.3) is 0 Å². The molecule has 7 heteroatoms. The van der Waals surface area contributed by atoms with Gasteiger partial charge in [0.2, 0.25) is 0 Å². The molecule has 22 heavy (non-hydrogen) atoms. The molecule has 0 amide bonds. The molecule has 0 radical (unpaired) electrons. The number of anilines is 1. The third-order valence-electron chi connectivity index (χ3n) is 3.02. The fraction of sp³-hybridized carbons (Fsp3) is 0.267. The van der Waals surface area contributed by atoms with Crippen molar-refractivity contribution in [1.29, 1.82) is 0 Å². The molecule has 120 valence electrons. The number of guanidine groups is 1. The molecule has 3 N–H and O–H groups in total. The van der Waals surface area contributed by atoms with Crippen molar-refractivity contribution in [1.82, 2.24) is 0 Å². The first kappa shape index (κ1) is 18.6. The van der Waals surface area contributed by atoms with E-state index in [1.165, 1.54) is 10.4 Å². The first-order valence-corrected chi connectivity index (χ1v) is 7.34. The van der Waals surface area contributed by atoms with Crippen molar-refractivity contribution in [2.75, 3.05) is 19.5 Å². The molecule has 1 aromatic carbocycles. The molecule has 2 aromatic rings. The van der Waals surface area contributed by atoms with E-state index in [4.69, 9.17) is 15.2 Å². The fourth-order valence-electron chi connectivity index (χ4n) is 1.82. The van der Waals surface area contributed by atoms with Gasteiger partial charge in [-0.15, -0.1) is 35.3 Å². The van der Waals surface area contributed by atoms with Gasteiger partial charge in [-0.25, -0.2) is 4.99 Å². The van der Waals surface area contributed by atoms with Crippen molar-refractivity contribution >= 4 is 47.0 Å². The highest BCUT2D eigenvalue weighted by Gasteiger charge is 2.05. The summed E-state index contributed by atoms with van der Waals surface area (Å²) in [6, 6.07) is 7.57. The SMILES string of the molecule is COc1ccc(NC(N)=NCc2sccc2C)cc1OC.I. The van der Waals surface area contributed by atoms with Crippen LogP contribution in [0.15, 0.2) is 34.6 Å². The lowest BCUT2D eigenvalue weighted by Crippen LogP contribution is -2.22. The average molecular weight is 433 g/mol. The molecule has 0 aliphatic rings. The van der Waals surface area contributed by atoms with Crippen molar-refractivity contribution in [2.24, 2.45) is 10.7 Å². The second-order valence-electron chi connectivity index (χ2n) is 4.42. The highest BCUT2D eigenvalue weighted by atomic mass is 127. The Balaban J connectivity index is 0.00000242. The van der Waals surface area contributed by atoms with Gasteiger partial charge in [0.05, 0.1) is 20.8 Å². The zero-order valence-electron chi connectivity index (χ0n) is 12.8. The number of nitrogens with one attached hydrogen (secondary N) is 1. The van der Waals surface area contributed by atoms with Gasteiger partial charge >= 0.3 is 0 Å². The summed E-state index contributed by atoms with van der Waals surface area (Å²) in [5.74, 6) is 1.69. The van der Waals surface area contributed by atoms with E-state index >= 15 is 0 Å². The second-order valence-corrected chi connectivity index (χ2v) is 5.42. The predicted molar refractivity (Wildman–Crippen MR) is 103 cm³/mol. The molecular weight excluding hydrogens is 413 g/mol. The minimum Gasteiger partial charge on any atom is -0.493 e. The molecule has 5 nitrogen and oxygen atoms in total. The largest absolute Gasteiger partial charge is 0.493 e. The summed E-state index contributed by atoms with van der Waals surface area (Å²) in [5.41, 5.74) is 7.95. The molecule has 2 rings (SSSR count). The lowest BCUT2D eigenvalue weighted by Gasteiger charge is -2.10. The maximum Gasteiger partial charge on any atom is 0.193 e. The molecule has 0 aliphatic carbocycles. The summed E-state index contributed by atoms with van der Waals surface area (Å²) >= 11 is 1.68. The number of ether oxygens (including phenoxy) is 2. The minimum atomic E-state index is 0. The minimum absolute atomic E-state index is 0. The Hall–Kier alpha value is -1.48. The number of aryl methyl sites for hydroxylation is 1. The Labute approximate surface area is 151 Å². The van der Waals surface area contributed by atoms with E-state index in [1.54, 1.807) is 25.6 Å². The van der Waals surface area contributed by atoms with E-state index < -0.39 is 0 Å². The van der Waals surface area contributed by atoms with Gasteiger partial charge in [0.25, 0.3) is 0 Å². The number of thiophene rings is 1. The van der Waals surface area contributed by atoms with E-state index in [0.717, 1.165) is 5.69 Å². The molecule has 0 atom stereocenters. The fourth-order valence-corrected chi connectivity index (χ4v) is 2.65. The number of nitrogens with zero attached hydrogens (tertiary/aromatic N) is 1. The van der Waals surface area contributed by atoms with Gasteiger partial charge in [-0.3, -0.25) is 0 Å². The number of benzene rings is 1. The summed E-state index contributed by atoms with van der Waals surface area (Å²) < 4.78 is 10.4. The Bertz CT molecular complexity index is 643. The van der Waals surface area contributed by atoms with Crippen LogP contribution >= 0.6 is 35.3 Å². The smallest absolute Gasteiger partial charge is 0.193 e. The molecule has 0 unspecified atom stereocenters. The highest BCUT2D eigenvalue weighted by molar-refractivity contribution is 14.0. The van der Waals surface area contributed by atoms with E-state index in [0.29, 0.717) is 24.0 Å². The van der Waals surface area contributed by atoms with Crippen LogP contribution in [0.4, 0.5) is 5.69 Å². The Morgan fingerprint density at radius 1 is 1.23 bits per heavy atom. The maximum absolute atomic E-state index is 5.91. The first-order valence-electron chi connectivity index (χ1n) is 6.46. The highest BCUT2D eigenvalue weighted by Crippen LogP contribution is 2.29. The Kier molecular flexibility index (Phi) is 7.46. The summed E-state index contributed by atoms with van der Waals surface area (Å²) in [4.78, 5) is 5.56. The third kappa shape index (κ3) is 4.77. The lowest BCUT2D eigenvalue weighted by atomic mass is 10.3. The monoisotopic (exact) mass is 433 g/mol.